The van der Waals surface area contributed by atoms with Crippen LogP contribution in [0.15, 0.2) is 30.3 Å². The van der Waals surface area contributed by atoms with Crippen LogP contribution in [0.5, 0.6) is 0 Å². The van der Waals surface area contributed by atoms with E-state index in [1.165, 1.54) is 16.7 Å². The minimum Gasteiger partial charge on any atom is -0.378 e. The monoisotopic (exact) mass is 281 g/mol. The molecule has 0 saturated heterocycles. The van der Waals surface area contributed by atoms with E-state index in [-0.39, 0.29) is 5.78 Å². The maximum atomic E-state index is 12.8. The molecule has 0 unspecified atom stereocenters. The molecule has 2 nitrogen and oxygen atoms in total. The molecule has 2 aromatic rings. The van der Waals surface area contributed by atoms with Gasteiger partial charge in [0.1, 0.15) is 0 Å². The molecule has 0 fully saturated rings. The van der Waals surface area contributed by atoms with Crippen molar-refractivity contribution in [3.63, 3.8) is 0 Å². The van der Waals surface area contributed by atoms with Crippen molar-refractivity contribution in [2.45, 2.75) is 27.7 Å². The summed E-state index contributed by atoms with van der Waals surface area (Å²) in [6, 6.07) is 9.79. The van der Waals surface area contributed by atoms with Gasteiger partial charge in [-0.3, -0.25) is 4.79 Å². The summed E-state index contributed by atoms with van der Waals surface area (Å²) in [5, 5.41) is 0. The van der Waals surface area contributed by atoms with Gasteiger partial charge < -0.3 is 4.90 Å². The molecule has 0 heterocycles. The second-order valence-corrected chi connectivity index (χ2v) is 5.89. The Morgan fingerprint density at radius 2 is 1.43 bits per heavy atom. The molecule has 0 amide bonds. The lowest BCUT2D eigenvalue weighted by Gasteiger charge is -2.15. The number of anilines is 1. The third-order valence-corrected chi connectivity index (χ3v) is 4.37. The maximum Gasteiger partial charge on any atom is 0.193 e. The number of aryl methyl sites for hydroxylation is 1. The number of carbonyl (C=O) groups is 1. The van der Waals surface area contributed by atoms with Crippen molar-refractivity contribution < 1.29 is 4.79 Å². The molecule has 0 aliphatic carbocycles. The fourth-order valence-electron chi connectivity index (χ4n) is 2.51. The molecule has 0 saturated carbocycles. The van der Waals surface area contributed by atoms with Crippen molar-refractivity contribution in [3.05, 3.63) is 63.7 Å². The van der Waals surface area contributed by atoms with Gasteiger partial charge in [0.05, 0.1) is 0 Å². The molecule has 0 aliphatic rings. The Kier molecular flexibility index (Phi) is 4.17. The van der Waals surface area contributed by atoms with Crippen LogP contribution in [-0.2, 0) is 0 Å². The SMILES string of the molecule is Cc1cc(C(=O)c2ccc(N(C)C)cc2)c(C)c(C)c1C. The number of hydrogen-bond donors (Lipinski definition) is 0. The fraction of sp³-hybridized carbons (Fsp3) is 0.316. The molecule has 0 bridgehead atoms. The van der Waals surface area contributed by atoms with Crippen molar-refractivity contribution >= 4 is 11.5 Å². The van der Waals surface area contributed by atoms with E-state index >= 15 is 0 Å². The molecule has 2 rings (SSSR count). The predicted octanol–water partition coefficient (Wildman–Crippen LogP) is 4.22. The van der Waals surface area contributed by atoms with Crippen LogP contribution in [0, 0.1) is 27.7 Å². The Balaban J connectivity index is 2.45. The molecule has 0 spiro atoms. The second-order valence-electron chi connectivity index (χ2n) is 5.89. The second kappa shape index (κ2) is 5.72. The standard InChI is InChI=1S/C19H23NO/c1-12-11-18(15(4)14(3)13(12)2)19(21)16-7-9-17(10-8-16)20(5)6/h7-11H,1-6H3. The summed E-state index contributed by atoms with van der Waals surface area (Å²) in [4.78, 5) is 14.8. The van der Waals surface area contributed by atoms with E-state index in [0.717, 1.165) is 22.4 Å². The zero-order valence-corrected chi connectivity index (χ0v) is 13.7. The van der Waals surface area contributed by atoms with E-state index in [1.807, 2.05) is 56.3 Å². The van der Waals surface area contributed by atoms with Crippen molar-refractivity contribution in [1.29, 1.82) is 0 Å². The number of ketones is 1. The smallest absolute Gasteiger partial charge is 0.193 e. The van der Waals surface area contributed by atoms with Crippen LogP contribution in [0.4, 0.5) is 5.69 Å². The number of rotatable bonds is 3. The molecule has 2 aromatic carbocycles. The summed E-state index contributed by atoms with van der Waals surface area (Å²) < 4.78 is 0. The van der Waals surface area contributed by atoms with Gasteiger partial charge in [-0.1, -0.05) is 0 Å². The first-order valence-electron chi connectivity index (χ1n) is 7.22. The van der Waals surface area contributed by atoms with Crippen LogP contribution in [0.3, 0.4) is 0 Å². The molecular formula is C19H23NO. The normalized spacial score (nSPS) is 10.6. The quantitative estimate of drug-likeness (QED) is 0.785. The summed E-state index contributed by atoms with van der Waals surface area (Å²) in [5.41, 5.74) is 7.39. The van der Waals surface area contributed by atoms with Gasteiger partial charge in [0.25, 0.3) is 0 Å². The summed E-state index contributed by atoms with van der Waals surface area (Å²) in [5.74, 6) is 0.101. The molecule has 2 heteroatoms. The highest BCUT2D eigenvalue weighted by Gasteiger charge is 2.15. The third kappa shape index (κ3) is 2.85. The maximum absolute atomic E-state index is 12.8. The van der Waals surface area contributed by atoms with Crippen LogP contribution in [0.1, 0.15) is 38.2 Å². The van der Waals surface area contributed by atoms with Gasteiger partial charge in [0.15, 0.2) is 5.78 Å². The van der Waals surface area contributed by atoms with Gasteiger partial charge in [-0.15, -0.1) is 0 Å². The number of benzene rings is 2. The highest BCUT2D eigenvalue weighted by molar-refractivity contribution is 6.10. The van der Waals surface area contributed by atoms with Crippen molar-refractivity contribution in [2.24, 2.45) is 0 Å². The van der Waals surface area contributed by atoms with E-state index in [9.17, 15) is 4.79 Å². The molecule has 0 radical (unpaired) electrons. The van der Waals surface area contributed by atoms with Crippen LogP contribution in [0.25, 0.3) is 0 Å². The molecule has 0 aromatic heterocycles. The molecule has 0 atom stereocenters. The van der Waals surface area contributed by atoms with E-state index < -0.39 is 0 Å². The highest BCUT2D eigenvalue weighted by Crippen LogP contribution is 2.24. The van der Waals surface area contributed by atoms with Crippen molar-refractivity contribution in [1.82, 2.24) is 0 Å². The zero-order valence-electron chi connectivity index (χ0n) is 13.7. The Labute approximate surface area is 127 Å². The number of hydrogen-bond acceptors (Lipinski definition) is 2. The zero-order chi connectivity index (χ0) is 15.7. The summed E-state index contributed by atoms with van der Waals surface area (Å²) in [6.07, 6.45) is 0. The van der Waals surface area contributed by atoms with Gasteiger partial charge >= 0.3 is 0 Å². The molecule has 21 heavy (non-hydrogen) atoms. The van der Waals surface area contributed by atoms with E-state index in [2.05, 4.69) is 20.8 Å². The summed E-state index contributed by atoms with van der Waals surface area (Å²) in [7, 11) is 3.99. The minimum atomic E-state index is 0.101. The first-order valence-corrected chi connectivity index (χ1v) is 7.22. The lowest BCUT2D eigenvalue weighted by atomic mass is 9.90. The van der Waals surface area contributed by atoms with Gasteiger partial charge in [-0.25, -0.2) is 0 Å². The van der Waals surface area contributed by atoms with E-state index in [0.29, 0.717) is 0 Å². The topological polar surface area (TPSA) is 20.3 Å². The average Bonchev–Trinajstić information content (AvgIpc) is 2.48. The van der Waals surface area contributed by atoms with Gasteiger partial charge in [-0.05, 0) is 80.3 Å². The van der Waals surface area contributed by atoms with Gasteiger partial charge in [0, 0.05) is 30.9 Å². The van der Waals surface area contributed by atoms with Crippen LogP contribution in [0.2, 0.25) is 0 Å². The lowest BCUT2D eigenvalue weighted by Crippen LogP contribution is -2.10. The van der Waals surface area contributed by atoms with Crippen molar-refractivity contribution in [2.75, 3.05) is 19.0 Å². The number of carbonyl (C=O) groups excluding carboxylic acids is 1. The fourth-order valence-corrected chi connectivity index (χ4v) is 2.51. The number of nitrogens with zero attached hydrogens (tertiary/aromatic N) is 1. The Morgan fingerprint density at radius 1 is 0.857 bits per heavy atom. The Hall–Kier alpha value is -2.09. The van der Waals surface area contributed by atoms with E-state index in [4.69, 9.17) is 0 Å². The average molecular weight is 281 g/mol. The first-order chi connectivity index (χ1) is 9.82. The lowest BCUT2D eigenvalue weighted by molar-refractivity contribution is 0.103. The first kappa shape index (κ1) is 15.3. The van der Waals surface area contributed by atoms with Crippen LogP contribution in [-0.4, -0.2) is 19.9 Å². The van der Waals surface area contributed by atoms with Crippen molar-refractivity contribution in [3.8, 4) is 0 Å². The molecule has 0 aliphatic heterocycles. The van der Waals surface area contributed by atoms with Crippen LogP contribution >= 0.6 is 0 Å². The summed E-state index contributed by atoms with van der Waals surface area (Å²) in [6.45, 7) is 8.29. The Morgan fingerprint density at radius 3 is 1.95 bits per heavy atom. The molecule has 0 N–H and O–H groups in total. The largest absolute Gasteiger partial charge is 0.378 e. The van der Waals surface area contributed by atoms with E-state index in [1.54, 1.807) is 0 Å². The summed E-state index contributed by atoms with van der Waals surface area (Å²) >= 11 is 0. The minimum absolute atomic E-state index is 0.101. The van der Waals surface area contributed by atoms with Crippen LogP contribution < -0.4 is 4.90 Å². The predicted molar refractivity (Wildman–Crippen MR) is 89.6 cm³/mol. The Bertz CT molecular complexity index is 682. The highest BCUT2D eigenvalue weighted by atomic mass is 16.1. The molecule has 110 valence electrons. The van der Waals surface area contributed by atoms with Gasteiger partial charge in [-0.2, -0.15) is 0 Å². The third-order valence-electron chi connectivity index (χ3n) is 4.37. The molecular weight excluding hydrogens is 258 g/mol. The van der Waals surface area contributed by atoms with Gasteiger partial charge in [0.2, 0.25) is 0 Å².